The molecule has 2 aromatic heterocycles. The molecule has 0 radical (unpaired) electrons. The van der Waals surface area contributed by atoms with Gasteiger partial charge in [0.25, 0.3) is 5.69 Å². The topological polar surface area (TPSA) is 103 Å². The fourth-order valence-electron chi connectivity index (χ4n) is 2.88. The van der Waals surface area contributed by atoms with Crippen LogP contribution in [0.5, 0.6) is 0 Å². The maximum atomic E-state index is 12.4. The van der Waals surface area contributed by atoms with Crippen molar-refractivity contribution in [1.29, 1.82) is 0 Å². The van der Waals surface area contributed by atoms with Crippen LogP contribution in [0.25, 0.3) is 22.5 Å². The minimum absolute atomic E-state index is 0.000650. The van der Waals surface area contributed by atoms with E-state index in [1.807, 2.05) is 42.6 Å². The molecule has 1 amide bonds. The first-order valence-electron chi connectivity index (χ1n) is 9.31. The Labute approximate surface area is 181 Å². The molecule has 0 atom stereocenters. The predicted molar refractivity (Wildman–Crippen MR) is 120 cm³/mol. The lowest BCUT2D eigenvalue weighted by Gasteiger charge is -2.04. The maximum Gasteiger partial charge on any atom is 0.269 e. The first-order valence-corrected chi connectivity index (χ1v) is 10.2. The van der Waals surface area contributed by atoms with Crippen LogP contribution in [0.15, 0.2) is 72.1 Å². The zero-order chi connectivity index (χ0) is 21.8. The lowest BCUT2D eigenvalue weighted by Crippen LogP contribution is -2.12. The Morgan fingerprint density at radius 3 is 2.61 bits per heavy atom. The summed E-state index contributed by atoms with van der Waals surface area (Å²) in [5.74, 6) is 0.157. The number of thiazole rings is 1. The van der Waals surface area contributed by atoms with E-state index < -0.39 is 4.92 Å². The molecule has 154 valence electrons. The van der Waals surface area contributed by atoms with E-state index in [2.05, 4.69) is 15.4 Å². The van der Waals surface area contributed by atoms with Crippen LogP contribution >= 0.6 is 11.3 Å². The third-order valence-corrected chi connectivity index (χ3v) is 5.17. The monoisotopic (exact) mass is 431 g/mol. The van der Waals surface area contributed by atoms with Crippen LogP contribution < -0.4 is 5.32 Å². The number of anilines is 1. The van der Waals surface area contributed by atoms with Gasteiger partial charge >= 0.3 is 0 Å². The zero-order valence-electron chi connectivity index (χ0n) is 16.4. The largest absolute Gasteiger partial charge is 0.307 e. The molecule has 0 spiro atoms. The molecule has 0 unspecified atom stereocenters. The number of benzene rings is 2. The van der Waals surface area contributed by atoms with Crippen LogP contribution in [0.1, 0.15) is 11.3 Å². The Hall–Kier alpha value is -4.11. The molecule has 1 N–H and O–H groups in total. The summed E-state index contributed by atoms with van der Waals surface area (Å²) >= 11 is 1.43. The van der Waals surface area contributed by atoms with E-state index in [1.54, 1.807) is 29.0 Å². The summed E-state index contributed by atoms with van der Waals surface area (Å²) in [6.45, 7) is 1.84. The summed E-state index contributed by atoms with van der Waals surface area (Å²) in [4.78, 5) is 27.3. The van der Waals surface area contributed by atoms with Crippen molar-refractivity contribution < 1.29 is 9.72 Å². The summed E-state index contributed by atoms with van der Waals surface area (Å²) in [6.07, 6.45) is 2.95. The van der Waals surface area contributed by atoms with Crippen LogP contribution in [0.3, 0.4) is 0 Å². The smallest absolute Gasteiger partial charge is 0.269 e. The molecule has 2 heterocycles. The van der Waals surface area contributed by atoms with Crippen molar-refractivity contribution in [2.75, 3.05) is 5.32 Å². The molecule has 0 saturated heterocycles. The fourth-order valence-corrected chi connectivity index (χ4v) is 3.68. The van der Waals surface area contributed by atoms with Gasteiger partial charge in [0, 0.05) is 35.2 Å². The third kappa shape index (κ3) is 4.73. The van der Waals surface area contributed by atoms with E-state index in [0.717, 1.165) is 17.0 Å². The Morgan fingerprint density at radius 2 is 1.90 bits per heavy atom. The van der Waals surface area contributed by atoms with Crippen LogP contribution in [0, 0.1) is 17.0 Å². The molecule has 4 rings (SSSR count). The molecule has 0 saturated carbocycles. The molecule has 8 nitrogen and oxygen atoms in total. The van der Waals surface area contributed by atoms with E-state index in [1.165, 1.54) is 29.5 Å². The molecular weight excluding hydrogens is 414 g/mol. The number of hydrogen-bond acceptors (Lipinski definition) is 6. The Bertz CT molecular complexity index is 1260. The van der Waals surface area contributed by atoms with Gasteiger partial charge in [-0.3, -0.25) is 14.9 Å². The summed E-state index contributed by atoms with van der Waals surface area (Å²) < 4.78 is 1.60. The number of nitrogens with zero attached hydrogens (tertiary/aromatic N) is 4. The highest BCUT2D eigenvalue weighted by molar-refractivity contribution is 7.12. The third-order valence-electron chi connectivity index (χ3n) is 4.36. The molecular formula is C22H17N5O3S. The van der Waals surface area contributed by atoms with Crippen LogP contribution in [0.2, 0.25) is 0 Å². The predicted octanol–water partition coefficient (Wildman–Crippen LogP) is 4.86. The number of rotatable bonds is 6. The van der Waals surface area contributed by atoms with E-state index in [-0.39, 0.29) is 11.6 Å². The van der Waals surface area contributed by atoms with Gasteiger partial charge in [-0.25, -0.2) is 4.98 Å². The Balaban J connectivity index is 1.50. The summed E-state index contributed by atoms with van der Waals surface area (Å²) in [5.41, 5.74) is 3.26. The molecule has 0 aliphatic carbocycles. The minimum Gasteiger partial charge on any atom is -0.307 e. The SMILES string of the molecule is Cc1cc(NC(=O)C=Cc2ccc([N+](=O)[O-])cc2)n(-c2nc(-c3ccccc3)cs2)n1. The van der Waals surface area contributed by atoms with Crippen molar-refractivity contribution >= 4 is 34.8 Å². The van der Waals surface area contributed by atoms with Crippen molar-refractivity contribution in [3.05, 3.63) is 93.5 Å². The van der Waals surface area contributed by atoms with Gasteiger partial charge < -0.3 is 5.32 Å². The molecule has 0 fully saturated rings. The second kappa shape index (κ2) is 8.72. The molecule has 9 heteroatoms. The van der Waals surface area contributed by atoms with Gasteiger partial charge in [-0.05, 0) is 30.7 Å². The van der Waals surface area contributed by atoms with Crippen molar-refractivity contribution in [3.63, 3.8) is 0 Å². The number of hydrogen-bond donors (Lipinski definition) is 1. The van der Waals surface area contributed by atoms with Gasteiger partial charge in [0.1, 0.15) is 5.82 Å². The molecule has 0 bridgehead atoms. The number of nitrogens with one attached hydrogen (secondary N) is 1. The molecule has 31 heavy (non-hydrogen) atoms. The average Bonchev–Trinajstić information content (AvgIpc) is 3.40. The lowest BCUT2D eigenvalue weighted by atomic mass is 10.2. The number of nitro benzene ring substituents is 1. The zero-order valence-corrected chi connectivity index (χ0v) is 17.2. The standard InChI is InChI=1S/C22H17N5O3S/c1-15-13-20(24-21(28)12-9-16-7-10-18(11-8-16)27(29)30)26(25-15)22-23-19(14-31-22)17-5-3-2-4-6-17/h2-14H,1H3,(H,24,28). The van der Waals surface area contributed by atoms with Crippen molar-refractivity contribution in [2.24, 2.45) is 0 Å². The normalized spacial score (nSPS) is 11.0. The quantitative estimate of drug-likeness (QED) is 0.267. The van der Waals surface area contributed by atoms with Crippen LogP contribution in [-0.4, -0.2) is 25.6 Å². The van der Waals surface area contributed by atoms with Crippen molar-refractivity contribution in [1.82, 2.24) is 14.8 Å². The summed E-state index contributed by atoms with van der Waals surface area (Å²) in [5, 5.41) is 20.6. The Kier molecular flexibility index (Phi) is 5.67. The highest BCUT2D eigenvalue weighted by Crippen LogP contribution is 2.26. The van der Waals surface area contributed by atoms with Gasteiger partial charge in [-0.15, -0.1) is 11.3 Å². The minimum atomic E-state index is -0.467. The van der Waals surface area contributed by atoms with Gasteiger partial charge in [0.15, 0.2) is 0 Å². The van der Waals surface area contributed by atoms with E-state index >= 15 is 0 Å². The van der Waals surface area contributed by atoms with E-state index in [4.69, 9.17) is 0 Å². The number of aromatic nitrogens is 3. The molecule has 2 aromatic carbocycles. The number of aryl methyl sites for hydroxylation is 1. The van der Waals surface area contributed by atoms with Crippen molar-refractivity contribution in [3.8, 4) is 16.4 Å². The second-order valence-electron chi connectivity index (χ2n) is 6.64. The van der Waals surface area contributed by atoms with E-state index in [0.29, 0.717) is 16.5 Å². The van der Waals surface area contributed by atoms with Crippen LogP contribution in [-0.2, 0) is 4.79 Å². The molecule has 0 aliphatic heterocycles. The number of nitro groups is 1. The van der Waals surface area contributed by atoms with Gasteiger partial charge in [0.2, 0.25) is 11.0 Å². The second-order valence-corrected chi connectivity index (χ2v) is 7.47. The Morgan fingerprint density at radius 1 is 1.16 bits per heavy atom. The summed E-state index contributed by atoms with van der Waals surface area (Å²) in [7, 11) is 0. The van der Waals surface area contributed by atoms with Gasteiger partial charge in [0.05, 0.1) is 16.3 Å². The van der Waals surface area contributed by atoms with Gasteiger partial charge in [-0.1, -0.05) is 30.3 Å². The highest BCUT2D eigenvalue weighted by atomic mass is 32.1. The average molecular weight is 431 g/mol. The van der Waals surface area contributed by atoms with E-state index in [9.17, 15) is 14.9 Å². The maximum absolute atomic E-state index is 12.4. The first-order chi connectivity index (χ1) is 15.0. The highest BCUT2D eigenvalue weighted by Gasteiger charge is 2.13. The molecule has 0 aliphatic rings. The first kappa shape index (κ1) is 20.2. The summed E-state index contributed by atoms with van der Waals surface area (Å²) in [6, 6.07) is 17.5. The fraction of sp³-hybridized carbons (Fsp3) is 0.0455. The number of carbonyl (C=O) groups is 1. The van der Waals surface area contributed by atoms with Gasteiger partial charge in [-0.2, -0.15) is 9.78 Å². The molecule has 4 aromatic rings. The number of non-ortho nitro benzene ring substituents is 1. The van der Waals surface area contributed by atoms with Crippen molar-refractivity contribution in [2.45, 2.75) is 6.92 Å². The number of carbonyl (C=O) groups excluding carboxylic acids is 1. The number of amides is 1. The van der Waals surface area contributed by atoms with Crippen LogP contribution in [0.4, 0.5) is 11.5 Å². The lowest BCUT2D eigenvalue weighted by molar-refractivity contribution is -0.384.